The number of nitrogens with zero attached hydrogens (tertiary/aromatic N) is 2. The van der Waals surface area contributed by atoms with Gasteiger partial charge >= 0.3 is 12.1 Å². The summed E-state index contributed by atoms with van der Waals surface area (Å²) in [6.07, 6.45) is -3.33. The lowest BCUT2D eigenvalue weighted by atomic mass is 9.87. The third-order valence-corrected chi connectivity index (χ3v) is 5.96. The maximum atomic E-state index is 12.6. The second-order valence-corrected chi connectivity index (χ2v) is 9.88. The molecule has 27 heavy (non-hydrogen) atoms. The first-order valence-electron chi connectivity index (χ1n) is 7.61. The quantitative estimate of drug-likeness (QED) is 0.711. The van der Waals surface area contributed by atoms with Crippen LogP contribution in [0.1, 0.15) is 24.8 Å². The topological polar surface area (TPSA) is 85.1 Å². The van der Waals surface area contributed by atoms with E-state index in [2.05, 4.69) is 19.4 Å². The summed E-state index contributed by atoms with van der Waals surface area (Å²) in [5, 5.41) is 3.31. The lowest BCUT2D eigenvalue weighted by molar-refractivity contribution is -0.159. The summed E-state index contributed by atoms with van der Waals surface area (Å²) in [5.74, 6) is -2.06. The van der Waals surface area contributed by atoms with E-state index in [1.165, 1.54) is 12.1 Å². The first-order chi connectivity index (χ1) is 12.2. The van der Waals surface area contributed by atoms with Crippen molar-refractivity contribution in [2.24, 2.45) is 5.92 Å². The van der Waals surface area contributed by atoms with Gasteiger partial charge in [-0.3, -0.25) is 0 Å². The number of alkyl halides is 5. The van der Waals surface area contributed by atoms with Crippen LogP contribution in [-0.2, 0) is 21.7 Å². The van der Waals surface area contributed by atoms with Crippen LogP contribution in [0, 0.1) is 5.92 Å². The monoisotopic (exact) mass is 443 g/mol. The fourth-order valence-corrected chi connectivity index (χ4v) is 4.75. The van der Waals surface area contributed by atoms with E-state index < -0.39 is 32.0 Å². The van der Waals surface area contributed by atoms with Gasteiger partial charge in [0.05, 0.1) is 11.8 Å². The highest BCUT2D eigenvalue weighted by molar-refractivity contribution is 7.88. The van der Waals surface area contributed by atoms with Crippen LogP contribution in [-0.4, -0.2) is 29.1 Å². The van der Waals surface area contributed by atoms with E-state index in [4.69, 9.17) is 23.2 Å². The zero-order valence-electron chi connectivity index (χ0n) is 14.0. The van der Waals surface area contributed by atoms with Crippen molar-refractivity contribution < 1.29 is 26.1 Å². The number of hydrogen-bond donors (Lipinski definition) is 1. The first-order valence-corrected chi connectivity index (χ1v) is 10.3. The van der Waals surface area contributed by atoms with Gasteiger partial charge in [-0.2, -0.15) is 18.2 Å². The molecule has 0 radical (unpaired) electrons. The Labute approximate surface area is 163 Å². The highest BCUT2D eigenvalue weighted by atomic mass is 35.5. The normalized spacial score (nSPS) is 21.7. The fraction of sp³-hybridized carbons (Fsp3) is 0.467. The Hall–Kier alpha value is -1.36. The smallest absolute Gasteiger partial charge is 0.329 e. The number of aromatic nitrogens is 2. The molecule has 2 atom stereocenters. The van der Waals surface area contributed by atoms with Gasteiger partial charge in [0, 0.05) is 11.5 Å². The van der Waals surface area contributed by atoms with Gasteiger partial charge < -0.3 is 4.52 Å². The molecule has 148 valence electrons. The van der Waals surface area contributed by atoms with Gasteiger partial charge in [-0.05, 0) is 18.9 Å². The largest absolute Gasteiger partial charge is 0.471 e. The molecule has 1 aliphatic carbocycles. The fourth-order valence-electron chi connectivity index (χ4n) is 2.98. The van der Waals surface area contributed by atoms with Gasteiger partial charge in [-0.25, -0.2) is 13.1 Å². The van der Waals surface area contributed by atoms with Crippen molar-refractivity contribution in [3.8, 4) is 11.4 Å². The van der Waals surface area contributed by atoms with Crippen LogP contribution in [0.5, 0.6) is 0 Å². The van der Waals surface area contributed by atoms with E-state index in [0.29, 0.717) is 12.0 Å². The molecular formula is C15H14Cl2F3N3O3S. The summed E-state index contributed by atoms with van der Waals surface area (Å²) in [6.45, 7) is 1.65. The molecule has 0 bridgehead atoms. The SMILES string of the molecule is CC(NS(C)(=O)=O)(c1ccc(-c2noc(C(F)(F)F)n2)cc1)C1CC1(Cl)Cl. The van der Waals surface area contributed by atoms with Crippen LogP contribution in [0.15, 0.2) is 28.8 Å². The first kappa shape index (κ1) is 20.4. The number of sulfonamides is 1. The molecule has 1 saturated carbocycles. The molecule has 0 saturated heterocycles. The molecule has 0 aliphatic heterocycles. The number of hydrogen-bond acceptors (Lipinski definition) is 5. The molecule has 6 nitrogen and oxygen atoms in total. The maximum absolute atomic E-state index is 12.6. The summed E-state index contributed by atoms with van der Waals surface area (Å²) in [7, 11) is -3.59. The molecule has 3 rings (SSSR count). The van der Waals surface area contributed by atoms with E-state index in [0.717, 1.165) is 6.26 Å². The molecule has 1 fully saturated rings. The van der Waals surface area contributed by atoms with Crippen LogP contribution in [0.3, 0.4) is 0 Å². The molecule has 1 heterocycles. The van der Waals surface area contributed by atoms with Crippen LogP contribution in [0.25, 0.3) is 11.4 Å². The zero-order chi connectivity index (χ0) is 20.3. The summed E-state index contributed by atoms with van der Waals surface area (Å²) in [6, 6.07) is 6.04. The van der Waals surface area contributed by atoms with Crippen molar-refractivity contribution in [2.45, 2.75) is 29.4 Å². The zero-order valence-corrected chi connectivity index (χ0v) is 16.3. The molecule has 12 heteroatoms. The summed E-state index contributed by atoms with van der Waals surface area (Å²) in [4.78, 5) is 3.32. The molecule has 1 aromatic carbocycles. The van der Waals surface area contributed by atoms with Crippen LogP contribution in [0.2, 0.25) is 0 Å². The highest BCUT2D eigenvalue weighted by Gasteiger charge is 2.62. The molecule has 2 unspecified atom stereocenters. The van der Waals surface area contributed by atoms with Crippen molar-refractivity contribution in [3.63, 3.8) is 0 Å². The lowest BCUT2D eigenvalue weighted by Crippen LogP contribution is -2.46. The summed E-state index contributed by atoms with van der Waals surface area (Å²) in [5.41, 5.74) is -0.271. The van der Waals surface area contributed by atoms with E-state index in [9.17, 15) is 21.6 Å². The minimum atomic E-state index is -4.74. The minimum absolute atomic E-state index is 0.234. The average molecular weight is 444 g/mol. The Kier molecular flexibility index (Phi) is 4.78. The van der Waals surface area contributed by atoms with Crippen molar-refractivity contribution >= 4 is 33.2 Å². The molecule has 2 aromatic rings. The molecule has 0 amide bonds. The molecule has 1 N–H and O–H groups in total. The molecule has 0 spiro atoms. The second kappa shape index (κ2) is 6.33. The predicted octanol–water partition coefficient (Wildman–Crippen LogP) is 3.71. The number of halogens is 5. The Morgan fingerprint density at radius 1 is 1.26 bits per heavy atom. The standard InChI is InChI=1S/C15H14Cl2F3N3O3S/c1-13(23-27(2,24)25,10-7-14(10,16)17)9-5-3-8(4-6-9)11-21-12(26-22-11)15(18,19)20/h3-6,10,23H,7H2,1-2H3. The maximum Gasteiger partial charge on any atom is 0.471 e. The Morgan fingerprint density at radius 2 is 1.81 bits per heavy atom. The van der Waals surface area contributed by atoms with E-state index in [-0.39, 0.29) is 17.3 Å². The number of rotatable bonds is 5. The van der Waals surface area contributed by atoms with Crippen molar-refractivity contribution in [1.29, 1.82) is 0 Å². The van der Waals surface area contributed by atoms with Crippen LogP contribution >= 0.6 is 23.2 Å². The van der Waals surface area contributed by atoms with Crippen molar-refractivity contribution in [2.75, 3.05) is 6.26 Å². The Balaban J connectivity index is 1.93. The Bertz CT molecular complexity index is 961. The van der Waals surface area contributed by atoms with Crippen LogP contribution in [0.4, 0.5) is 13.2 Å². The third kappa shape index (κ3) is 4.23. The van der Waals surface area contributed by atoms with Gasteiger partial charge in [0.15, 0.2) is 0 Å². The van der Waals surface area contributed by atoms with Crippen molar-refractivity contribution in [3.05, 3.63) is 35.7 Å². The predicted molar refractivity (Wildman–Crippen MR) is 92.6 cm³/mol. The Morgan fingerprint density at radius 3 is 2.22 bits per heavy atom. The van der Waals surface area contributed by atoms with Gasteiger partial charge in [0.25, 0.3) is 0 Å². The highest BCUT2D eigenvalue weighted by Crippen LogP contribution is 2.61. The second-order valence-electron chi connectivity index (χ2n) is 6.59. The summed E-state index contributed by atoms with van der Waals surface area (Å²) >= 11 is 12.3. The number of nitrogens with one attached hydrogen (secondary N) is 1. The minimum Gasteiger partial charge on any atom is -0.329 e. The van der Waals surface area contributed by atoms with E-state index in [1.807, 2.05) is 0 Å². The molecular weight excluding hydrogens is 430 g/mol. The van der Waals surface area contributed by atoms with E-state index in [1.54, 1.807) is 19.1 Å². The third-order valence-electron chi connectivity index (χ3n) is 4.33. The average Bonchev–Trinajstić information content (AvgIpc) is 2.96. The lowest BCUT2D eigenvalue weighted by Gasteiger charge is -2.31. The van der Waals surface area contributed by atoms with Crippen molar-refractivity contribution in [1.82, 2.24) is 14.9 Å². The number of benzene rings is 1. The summed E-state index contributed by atoms with van der Waals surface area (Å²) < 4.78 is 67.1. The van der Waals surface area contributed by atoms with Gasteiger partial charge in [0.2, 0.25) is 15.8 Å². The van der Waals surface area contributed by atoms with Gasteiger partial charge in [0.1, 0.15) is 4.33 Å². The van der Waals surface area contributed by atoms with E-state index >= 15 is 0 Å². The van der Waals surface area contributed by atoms with Crippen LogP contribution < -0.4 is 4.72 Å². The molecule has 1 aromatic heterocycles. The van der Waals surface area contributed by atoms with Gasteiger partial charge in [-0.1, -0.05) is 29.4 Å². The molecule has 1 aliphatic rings. The van der Waals surface area contributed by atoms with Gasteiger partial charge in [-0.15, -0.1) is 23.2 Å².